The van der Waals surface area contributed by atoms with Gasteiger partial charge < -0.3 is 9.64 Å². The van der Waals surface area contributed by atoms with E-state index in [1.165, 1.54) is 0 Å². The van der Waals surface area contributed by atoms with Gasteiger partial charge in [-0.15, -0.1) is 0 Å². The molecule has 21 heavy (non-hydrogen) atoms. The van der Waals surface area contributed by atoms with Crippen LogP contribution in [0.5, 0.6) is 0 Å². The second-order valence-corrected chi connectivity index (χ2v) is 7.02. The summed E-state index contributed by atoms with van der Waals surface area (Å²) in [4.78, 5) is 15.0. The Morgan fingerprint density at radius 2 is 2.24 bits per heavy atom. The van der Waals surface area contributed by atoms with E-state index >= 15 is 0 Å². The number of aromatic nitrogens is 2. The predicted octanol–water partition coefficient (Wildman–Crippen LogP) is 1.77. The number of fused-ring (bicyclic) bond motifs is 1. The molecule has 2 aliphatic heterocycles. The molecule has 1 atom stereocenters. The van der Waals surface area contributed by atoms with Crippen molar-refractivity contribution in [3.63, 3.8) is 0 Å². The van der Waals surface area contributed by atoms with Crippen molar-refractivity contribution in [3.05, 3.63) is 18.0 Å². The number of carbonyl (C=O) groups is 1. The summed E-state index contributed by atoms with van der Waals surface area (Å²) in [5, 5.41) is 4.35. The van der Waals surface area contributed by atoms with Crippen molar-refractivity contribution in [1.82, 2.24) is 14.7 Å². The summed E-state index contributed by atoms with van der Waals surface area (Å²) < 4.78 is 7.37. The van der Waals surface area contributed by atoms with Gasteiger partial charge >= 0.3 is 0 Å². The molecule has 6 heteroatoms. The number of thioether (sulfide) groups is 1. The molecule has 0 bridgehead atoms. The summed E-state index contributed by atoms with van der Waals surface area (Å²) in [5.41, 5.74) is 1.13. The van der Waals surface area contributed by atoms with E-state index in [4.69, 9.17) is 4.74 Å². The third kappa shape index (κ3) is 3.26. The van der Waals surface area contributed by atoms with Gasteiger partial charge in [0.05, 0.1) is 24.9 Å². The zero-order chi connectivity index (χ0) is 14.7. The van der Waals surface area contributed by atoms with Crippen LogP contribution in [0.2, 0.25) is 0 Å². The lowest BCUT2D eigenvalue weighted by Gasteiger charge is -2.33. The van der Waals surface area contributed by atoms with Crippen molar-refractivity contribution in [1.29, 1.82) is 0 Å². The zero-order valence-electron chi connectivity index (χ0n) is 12.5. The smallest absolute Gasteiger partial charge is 0.226 e. The fourth-order valence-electron chi connectivity index (χ4n) is 3.23. The number of amides is 1. The van der Waals surface area contributed by atoms with Gasteiger partial charge in [0, 0.05) is 25.8 Å². The first-order valence-electron chi connectivity index (χ1n) is 7.67. The van der Waals surface area contributed by atoms with E-state index in [1.807, 2.05) is 33.6 Å². The molecule has 0 N–H and O–H groups in total. The highest BCUT2D eigenvalue weighted by Crippen LogP contribution is 2.27. The molecule has 0 aromatic carbocycles. The van der Waals surface area contributed by atoms with Crippen molar-refractivity contribution < 1.29 is 9.53 Å². The Morgan fingerprint density at radius 1 is 1.43 bits per heavy atom. The van der Waals surface area contributed by atoms with Crippen LogP contribution in [0.1, 0.15) is 25.0 Å². The number of hydrogen-bond donors (Lipinski definition) is 0. The molecule has 3 rings (SSSR count). The lowest BCUT2D eigenvalue weighted by Crippen LogP contribution is -2.45. The summed E-state index contributed by atoms with van der Waals surface area (Å²) in [6.45, 7) is 2.13. The first kappa shape index (κ1) is 14.9. The Kier molecular flexibility index (Phi) is 4.85. The molecule has 0 radical (unpaired) electrons. The van der Waals surface area contributed by atoms with Crippen LogP contribution in [0, 0.1) is 5.92 Å². The largest absolute Gasteiger partial charge is 0.383 e. The molecule has 1 amide bonds. The molecule has 1 fully saturated rings. The number of rotatable bonds is 3. The average molecular weight is 309 g/mol. The molecular formula is C15H23N3O2S. The van der Waals surface area contributed by atoms with Crippen LogP contribution in [0.3, 0.4) is 0 Å². The number of ether oxygens (including phenoxy) is 1. The monoisotopic (exact) mass is 309 g/mol. The Hall–Kier alpha value is -1.01. The Balaban J connectivity index is 1.78. The molecule has 116 valence electrons. The zero-order valence-corrected chi connectivity index (χ0v) is 13.3. The summed E-state index contributed by atoms with van der Waals surface area (Å²) in [6, 6.07) is 2.19. The summed E-state index contributed by atoms with van der Waals surface area (Å²) in [7, 11) is 1.71. The molecule has 2 aliphatic rings. The highest BCUT2D eigenvalue weighted by Gasteiger charge is 2.33. The molecule has 1 saturated heterocycles. The minimum atomic E-state index is 0.166. The molecule has 3 heterocycles. The number of hydrogen-bond acceptors (Lipinski definition) is 4. The second-order valence-electron chi connectivity index (χ2n) is 5.80. The van der Waals surface area contributed by atoms with Crippen molar-refractivity contribution >= 4 is 17.7 Å². The molecular weight excluding hydrogens is 286 g/mol. The fraction of sp³-hybridized carbons (Fsp3) is 0.733. The van der Waals surface area contributed by atoms with E-state index in [0.717, 1.165) is 43.0 Å². The van der Waals surface area contributed by atoms with Crippen LogP contribution in [0.15, 0.2) is 12.3 Å². The number of methoxy groups -OCH3 is 1. The van der Waals surface area contributed by atoms with Crippen LogP contribution in [-0.4, -0.2) is 51.9 Å². The lowest BCUT2D eigenvalue weighted by molar-refractivity contribution is -0.140. The van der Waals surface area contributed by atoms with Crippen molar-refractivity contribution in [2.24, 2.45) is 5.92 Å². The van der Waals surface area contributed by atoms with Crippen LogP contribution in [0.25, 0.3) is 0 Å². The third-order valence-electron chi connectivity index (χ3n) is 4.46. The van der Waals surface area contributed by atoms with Gasteiger partial charge in [-0.25, -0.2) is 0 Å². The predicted molar refractivity (Wildman–Crippen MR) is 83.1 cm³/mol. The Bertz CT molecular complexity index is 485. The summed E-state index contributed by atoms with van der Waals surface area (Å²) in [6.07, 6.45) is 4.76. The van der Waals surface area contributed by atoms with E-state index in [9.17, 15) is 4.79 Å². The van der Waals surface area contributed by atoms with Gasteiger partial charge in [0.25, 0.3) is 0 Å². The first-order valence-corrected chi connectivity index (χ1v) is 8.83. The average Bonchev–Trinajstić information content (AvgIpc) is 2.90. The van der Waals surface area contributed by atoms with E-state index in [2.05, 4.69) is 5.10 Å². The molecule has 1 aromatic rings. The van der Waals surface area contributed by atoms with Gasteiger partial charge in [0.1, 0.15) is 0 Å². The molecule has 0 unspecified atom stereocenters. The van der Waals surface area contributed by atoms with Gasteiger partial charge in [-0.3, -0.25) is 9.48 Å². The highest BCUT2D eigenvalue weighted by atomic mass is 32.2. The SMILES string of the molecule is COC[C@H]1CCn2nccc2CN1C(=O)C1CCSCC1. The Morgan fingerprint density at radius 3 is 3.00 bits per heavy atom. The first-order chi connectivity index (χ1) is 10.3. The van der Waals surface area contributed by atoms with Crippen LogP contribution >= 0.6 is 11.8 Å². The van der Waals surface area contributed by atoms with Gasteiger partial charge in [-0.2, -0.15) is 16.9 Å². The van der Waals surface area contributed by atoms with Gasteiger partial charge in [-0.05, 0) is 36.8 Å². The van der Waals surface area contributed by atoms with Gasteiger partial charge in [0.15, 0.2) is 0 Å². The maximum atomic E-state index is 13.0. The topological polar surface area (TPSA) is 47.4 Å². The van der Waals surface area contributed by atoms with Crippen molar-refractivity contribution in [3.8, 4) is 0 Å². The Labute approximate surface area is 130 Å². The quantitative estimate of drug-likeness (QED) is 0.854. The molecule has 1 aromatic heterocycles. The van der Waals surface area contributed by atoms with Crippen molar-refractivity contribution in [2.75, 3.05) is 25.2 Å². The van der Waals surface area contributed by atoms with Crippen LogP contribution < -0.4 is 0 Å². The lowest BCUT2D eigenvalue weighted by atomic mass is 9.99. The second kappa shape index (κ2) is 6.83. The van der Waals surface area contributed by atoms with E-state index < -0.39 is 0 Å². The normalized spacial score (nSPS) is 23.7. The van der Waals surface area contributed by atoms with Crippen LogP contribution in [0.4, 0.5) is 0 Å². The molecule has 0 saturated carbocycles. The minimum absolute atomic E-state index is 0.166. The van der Waals surface area contributed by atoms with Crippen LogP contribution in [-0.2, 0) is 22.6 Å². The number of aryl methyl sites for hydroxylation is 1. The standard InChI is InChI=1S/C15H23N3O2S/c1-20-11-14-3-7-18-13(2-6-16-18)10-17(14)15(19)12-4-8-21-9-5-12/h2,6,12,14H,3-5,7-11H2,1H3/t14-/m1/s1. The van der Waals surface area contributed by atoms with E-state index in [1.54, 1.807) is 7.11 Å². The van der Waals surface area contributed by atoms with E-state index in [0.29, 0.717) is 19.1 Å². The molecule has 0 aliphatic carbocycles. The molecule has 5 nitrogen and oxygen atoms in total. The van der Waals surface area contributed by atoms with Gasteiger partial charge in [-0.1, -0.05) is 0 Å². The van der Waals surface area contributed by atoms with Crippen molar-refractivity contribution in [2.45, 2.75) is 38.4 Å². The fourth-order valence-corrected chi connectivity index (χ4v) is 4.34. The maximum absolute atomic E-state index is 13.0. The molecule has 0 spiro atoms. The minimum Gasteiger partial charge on any atom is -0.383 e. The summed E-state index contributed by atoms with van der Waals surface area (Å²) in [5.74, 6) is 2.72. The summed E-state index contributed by atoms with van der Waals surface area (Å²) >= 11 is 1.96. The number of nitrogens with zero attached hydrogens (tertiary/aromatic N) is 3. The maximum Gasteiger partial charge on any atom is 0.226 e. The third-order valence-corrected chi connectivity index (χ3v) is 5.51. The van der Waals surface area contributed by atoms with E-state index in [-0.39, 0.29) is 12.0 Å². The highest BCUT2D eigenvalue weighted by molar-refractivity contribution is 7.99. The number of carbonyl (C=O) groups excluding carboxylic acids is 1. The van der Waals surface area contributed by atoms with Gasteiger partial charge in [0.2, 0.25) is 5.91 Å².